The number of carbonyl (C=O) groups is 1. The van der Waals surface area contributed by atoms with Crippen LogP contribution in [0.3, 0.4) is 0 Å². The molecule has 2 N–H and O–H groups in total. The molecule has 1 saturated carbocycles. The van der Waals surface area contributed by atoms with Crippen LogP contribution in [0.15, 0.2) is 18.3 Å². The van der Waals surface area contributed by atoms with Crippen molar-refractivity contribution in [1.82, 2.24) is 10.3 Å². The van der Waals surface area contributed by atoms with Crippen LogP contribution < -0.4 is 10.6 Å². The van der Waals surface area contributed by atoms with Crippen molar-refractivity contribution < 1.29 is 4.79 Å². The molecule has 0 aliphatic heterocycles. The number of anilines is 1. The maximum Gasteiger partial charge on any atom is 0.252 e. The summed E-state index contributed by atoms with van der Waals surface area (Å²) >= 11 is 0. The number of amides is 1. The third kappa shape index (κ3) is 3.95. The van der Waals surface area contributed by atoms with E-state index in [1.807, 2.05) is 19.1 Å². The molecule has 1 aliphatic rings. The van der Waals surface area contributed by atoms with Crippen LogP contribution in [0.5, 0.6) is 0 Å². The van der Waals surface area contributed by atoms with Crippen molar-refractivity contribution in [2.45, 2.75) is 39.5 Å². The van der Waals surface area contributed by atoms with Crippen LogP contribution in [-0.4, -0.2) is 24.0 Å². The molecule has 4 heteroatoms. The zero-order valence-corrected chi connectivity index (χ0v) is 12.5. The highest BCUT2D eigenvalue weighted by Gasteiger charge is 2.21. The first-order valence-corrected chi connectivity index (χ1v) is 7.68. The summed E-state index contributed by atoms with van der Waals surface area (Å²) in [6, 6.07) is 3.67. The van der Waals surface area contributed by atoms with Gasteiger partial charge < -0.3 is 10.6 Å². The highest BCUT2D eigenvalue weighted by molar-refractivity contribution is 5.94. The Bertz CT molecular complexity index is 430. The minimum Gasteiger partial charge on any atom is -0.370 e. The van der Waals surface area contributed by atoms with Gasteiger partial charge in [0.2, 0.25) is 0 Å². The minimum atomic E-state index is -0.0154. The summed E-state index contributed by atoms with van der Waals surface area (Å²) in [5, 5.41) is 6.17. The van der Waals surface area contributed by atoms with Crippen molar-refractivity contribution in [2.75, 3.05) is 18.4 Å². The first kappa shape index (κ1) is 14.8. The molecule has 0 radical (unpaired) electrons. The van der Waals surface area contributed by atoms with E-state index in [0.29, 0.717) is 11.5 Å². The van der Waals surface area contributed by atoms with E-state index < -0.39 is 0 Å². The second kappa shape index (κ2) is 7.27. The lowest BCUT2D eigenvalue weighted by molar-refractivity contribution is 0.0936. The molecule has 0 aromatic carbocycles. The van der Waals surface area contributed by atoms with Crippen LogP contribution in [-0.2, 0) is 0 Å². The van der Waals surface area contributed by atoms with Crippen molar-refractivity contribution in [2.24, 2.45) is 11.8 Å². The summed E-state index contributed by atoms with van der Waals surface area (Å²) in [6.45, 7) is 5.93. The Kier molecular flexibility index (Phi) is 5.39. The molecule has 1 fully saturated rings. The van der Waals surface area contributed by atoms with E-state index in [4.69, 9.17) is 0 Å². The summed E-state index contributed by atoms with van der Waals surface area (Å²) in [4.78, 5) is 16.3. The minimum absolute atomic E-state index is 0.0154. The predicted molar refractivity (Wildman–Crippen MR) is 81.9 cm³/mol. The van der Waals surface area contributed by atoms with E-state index >= 15 is 0 Å². The molecular weight excluding hydrogens is 250 g/mol. The zero-order chi connectivity index (χ0) is 14.4. The lowest BCUT2D eigenvalue weighted by Gasteiger charge is -2.28. The van der Waals surface area contributed by atoms with Crippen molar-refractivity contribution in [3.05, 3.63) is 23.9 Å². The number of nitrogens with one attached hydrogen (secondary N) is 2. The van der Waals surface area contributed by atoms with Gasteiger partial charge in [0.05, 0.1) is 5.56 Å². The number of nitrogens with zero attached hydrogens (tertiary/aromatic N) is 1. The van der Waals surface area contributed by atoms with Gasteiger partial charge in [-0.05, 0) is 37.3 Å². The normalized spacial score (nSPS) is 22.3. The molecule has 0 spiro atoms. The SMILES string of the molecule is CCNc1ccc(C(=O)NCC2CCCCC2C)cn1. The van der Waals surface area contributed by atoms with Gasteiger partial charge in [0, 0.05) is 19.3 Å². The third-order valence-corrected chi connectivity index (χ3v) is 4.20. The molecule has 1 aliphatic carbocycles. The first-order chi connectivity index (χ1) is 9.70. The van der Waals surface area contributed by atoms with Crippen LogP contribution in [0.1, 0.15) is 49.9 Å². The number of hydrogen-bond acceptors (Lipinski definition) is 3. The second-order valence-corrected chi connectivity index (χ2v) is 5.69. The molecule has 0 saturated heterocycles. The van der Waals surface area contributed by atoms with Gasteiger partial charge in [-0.15, -0.1) is 0 Å². The van der Waals surface area contributed by atoms with E-state index in [1.165, 1.54) is 25.7 Å². The summed E-state index contributed by atoms with van der Waals surface area (Å²) < 4.78 is 0. The molecule has 1 aromatic heterocycles. The van der Waals surface area contributed by atoms with Crippen molar-refractivity contribution in [1.29, 1.82) is 0 Å². The predicted octanol–water partition coefficient (Wildman–Crippen LogP) is 3.07. The molecule has 0 bridgehead atoms. The fourth-order valence-electron chi connectivity index (χ4n) is 2.84. The molecule has 2 rings (SSSR count). The van der Waals surface area contributed by atoms with Gasteiger partial charge in [-0.1, -0.05) is 26.2 Å². The Balaban J connectivity index is 1.84. The van der Waals surface area contributed by atoms with E-state index in [1.54, 1.807) is 6.20 Å². The van der Waals surface area contributed by atoms with Crippen molar-refractivity contribution >= 4 is 11.7 Å². The van der Waals surface area contributed by atoms with Crippen LogP contribution >= 0.6 is 0 Å². The average molecular weight is 275 g/mol. The van der Waals surface area contributed by atoms with Gasteiger partial charge in [0.25, 0.3) is 5.91 Å². The third-order valence-electron chi connectivity index (χ3n) is 4.20. The van der Waals surface area contributed by atoms with Crippen LogP contribution in [0.2, 0.25) is 0 Å². The maximum atomic E-state index is 12.1. The van der Waals surface area contributed by atoms with E-state index in [2.05, 4.69) is 22.5 Å². The Labute approximate surface area is 121 Å². The highest BCUT2D eigenvalue weighted by Crippen LogP contribution is 2.28. The number of carbonyl (C=O) groups excluding carboxylic acids is 1. The quantitative estimate of drug-likeness (QED) is 0.868. The van der Waals surface area contributed by atoms with Crippen LogP contribution in [0.25, 0.3) is 0 Å². The molecule has 20 heavy (non-hydrogen) atoms. The Morgan fingerprint density at radius 3 is 2.80 bits per heavy atom. The van der Waals surface area contributed by atoms with Crippen molar-refractivity contribution in [3.8, 4) is 0 Å². The smallest absolute Gasteiger partial charge is 0.252 e. The van der Waals surface area contributed by atoms with E-state index in [-0.39, 0.29) is 5.91 Å². The Morgan fingerprint density at radius 2 is 2.15 bits per heavy atom. The molecule has 110 valence electrons. The van der Waals surface area contributed by atoms with Gasteiger partial charge in [-0.25, -0.2) is 4.98 Å². The molecule has 2 atom stereocenters. The molecule has 1 aromatic rings. The fraction of sp³-hybridized carbons (Fsp3) is 0.625. The average Bonchev–Trinajstić information content (AvgIpc) is 2.47. The summed E-state index contributed by atoms with van der Waals surface area (Å²) in [5.41, 5.74) is 0.634. The Hall–Kier alpha value is -1.58. The summed E-state index contributed by atoms with van der Waals surface area (Å²) in [7, 11) is 0. The largest absolute Gasteiger partial charge is 0.370 e. The molecule has 1 amide bonds. The lowest BCUT2D eigenvalue weighted by atomic mass is 9.80. The molecule has 4 nitrogen and oxygen atoms in total. The van der Waals surface area contributed by atoms with Crippen LogP contribution in [0.4, 0.5) is 5.82 Å². The zero-order valence-electron chi connectivity index (χ0n) is 12.5. The lowest BCUT2D eigenvalue weighted by Crippen LogP contribution is -2.33. The number of pyridine rings is 1. The molecule has 1 heterocycles. The van der Waals surface area contributed by atoms with Gasteiger partial charge >= 0.3 is 0 Å². The standard InChI is InChI=1S/C16H25N3O/c1-3-17-15-9-8-14(11-18-15)16(20)19-10-13-7-5-4-6-12(13)2/h8-9,11-13H,3-7,10H2,1-2H3,(H,17,18)(H,19,20). The summed E-state index contributed by atoms with van der Waals surface area (Å²) in [5.74, 6) is 2.14. The highest BCUT2D eigenvalue weighted by atomic mass is 16.1. The fourth-order valence-corrected chi connectivity index (χ4v) is 2.84. The number of aromatic nitrogens is 1. The second-order valence-electron chi connectivity index (χ2n) is 5.69. The Morgan fingerprint density at radius 1 is 1.35 bits per heavy atom. The van der Waals surface area contributed by atoms with Gasteiger partial charge in [-0.3, -0.25) is 4.79 Å². The number of hydrogen-bond donors (Lipinski definition) is 2. The van der Waals surface area contributed by atoms with Crippen molar-refractivity contribution in [3.63, 3.8) is 0 Å². The van der Waals surface area contributed by atoms with Gasteiger partial charge in [0.1, 0.15) is 5.82 Å². The summed E-state index contributed by atoms with van der Waals surface area (Å²) in [6.07, 6.45) is 6.79. The van der Waals surface area contributed by atoms with E-state index in [9.17, 15) is 4.79 Å². The van der Waals surface area contributed by atoms with Crippen LogP contribution in [0, 0.1) is 11.8 Å². The maximum absolute atomic E-state index is 12.1. The monoisotopic (exact) mass is 275 g/mol. The topological polar surface area (TPSA) is 54.0 Å². The van der Waals surface area contributed by atoms with E-state index in [0.717, 1.165) is 24.8 Å². The first-order valence-electron chi connectivity index (χ1n) is 7.68. The molecular formula is C16H25N3O. The van der Waals surface area contributed by atoms with Gasteiger partial charge in [0.15, 0.2) is 0 Å². The molecule has 2 unspecified atom stereocenters. The van der Waals surface area contributed by atoms with Gasteiger partial charge in [-0.2, -0.15) is 0 Å². The number of rotatable bonds is 5.